The molecule has 3 heteroatoms. The zero-order chi connectivity index (χ0) is 10.8. The van der Waals surface area contributed by atoms with E-state index in [4.69, 9.17) is 5.73 Å². The number of aliphatic hydroxyl groups is 1. The van der Waals surface area contributed by atoms with E-state index in [1.807, 2.05) is 25.1 Å². The van der Waals surface area contributed by atoms with Gasteiger partial charge in [-0.3, -0.25) is 0 Å². The minimum Gasteiger partial charge on any atom is -0.398 e. The Morgan fingerprint density at radius 3 is 2.93 bits per heavy atom. The van der Waals surface area contributed by atoms with Crippen LogP contribution in [0.25, 0.3) is 0 Å². The first-order valence-electron chi connectivity index (χ1n) is 5.46. The predicted octanol–water partition coefficient (Wildman–Crippen LogP) is 1.36. The Kier molecular flexibility index (Phi) is 2.93. The average molecular weight is 206 g/mol. The van der Waals surface area contributed by atoms with Crippen molar-refractivity contribution in [3.63, 3.8) is 0 Å². The first-order valence-corrected chi connectivity index (χ1v) is 5.46. The zero-order valence-electron chi connectivity index (χ0n) is 9.03. The summed E-state index contributed by atoms with van der Waals surface area (Å²) >= 11 is 0. The number of hydrogen-bond donors (Lipinski definition) is 3. The van der Waals surface area contributed by atoms with Gasteiger partial charge in [0.05, 0.1) is 6.10 Å². The van der Waals surface area contributed by atoms with Crippen LogP contribution >= 0.6 is 0 Å². The molecule has 0 aromatic heterocycles. The molecule has 0 amide bonds. The Hall–Kier alpha value is -1.06. The molecule has 1 saturated heterocycles. The largest absolute Gasteiger partial charge is 0.398 e. The van der Waals surface area contributed by atoms with Gasteiger partial charge in [0.15, 0.2) is 0 Å². The van der Waals surface area contributed by atoms with Crippen molar-refractivity contribution in [1.29, 1.82) is 0 Å². The van der Waals surface area contributed by atoms with Gasteiger partial charge in [-0.05, 0) is 37.9 Å². The molecule has 2 unspecified atom stereocenters. The van der Waals surface area contributed by atoms with Crippen molar-refractivity contribution in [2.45, 2.75) is 31.9 Å². The number of nitrogens with one attached hydrogen (secondary N) is 1. The van der Waals surface area contributed by atoms with Crippen molar-refractivity contribution in [3.8, 4) is 0 Å². The van der Waals surface area contributed by atoms with Crippen LogP contribution in [-0.2, 0) is 0 Å². The van der Waals surface area contributed by atoms with E-state index in [9.17, 15) is 5.11 Å². The van der Waals surface area contributed by atoms with Gasteiger partial charge >= 0.3 is 0 Å². The number of benzene rings is 1. The van der Waals surface area contributed by atoms with Crippen LogP contribution in [0.2, 0.25) is 0 Å². The molecule has 1 aliphatic heterocycles. The Morgan fingerprint density at radius 1 is 1.53 bits per heavy atom. The van der Waals surface area contributed by atoms with Gasteiger partial charge in [0.1, 0.15) is 0 Å². The van der Waals surface area contributed by atoms with E-state index >= 15 is 0 Å². The Labute approximate surface area is 90.3 Å². The highest BCUT2D eigenvalue weighted by Gasteiger charge is 2.25. The molecule has 0 radical (unpaired) electrons. The van der Waals surface area contributed by atoms with E-state index in [2.05, 4.69) is 5.32 Å². The summed E-state index contributed by atoms with van der Waals surface area (Å²) in [6.45, 7) is 2.99. The lowest BCUT2D eigenvalue weighted by atomic mass is 9.98. The Bertz CT molecular complexity index is 345. The summed E-state index contributed by atoms with van der Waals surface area (Å²) in [5.74, 6) is 0. The third-order valence-electron chi connectivity index (χ3n) is 3.04. The summed E-state index contributed by atoms with van der Waals surface area (Å²) in [4.78, 5) is 0. The van der Waals surface area contributed by atoms with E-state index < -0.39 is 6.10 Å². The third kappa shape index (κ3) is 2.13. The molecule has 1 aromatic carbocycles. The quantitative estimate of drug-likeness (QED) is 0.640. The van der Waals surface area contributed by atoms with Crippen molar-refractivity contribution in [2.75, 3.05) is 12.3 Å². The number of anilines is 1. The van der Waals surface area contributed by atoms with E-state index in [1.165, 1.54) is 0 Å². The standard InChI is InChI=1S/C12H18N2O/c1-8-4-5-9(10(13)7-8)12(15)11-3-2-6-14-11/h4-5,7,11-12,14-15H,2-3,6,13H2,1H3. The summed E-state index contributed by atoms with van der Waals surface area (Å²) in [7, 11) is 0. The Balaban J connectivity index is 2.20. The minimum atomic E-state index is -0.479. The molecule has 15 heavy (non-hydrogen) atoms. The van der Waals surface area contributed by atoms with Crippen LogP contribution in [0, 0.1) is 6.92 Å². The first kappa shape index (κ1) is 10.5. The van der Waals surface area contributed by atoms with Crippen LogP contribution in [0.3, 0.4) is 0 Å². The minimum absolute atomic E-state index is 0.162. The van der Waals surface area contributed by atoms with Crippen LogP contribution < -0.4 is 11.1 Å². The molecule has 0 spiro atoms. The molecule has 2 rings (SSSR count). The maximum absolute atomic E-state index is 10.1. The second kappa shape index (κ2) is 4.21. The lowest BCUT2D eigenvalue weighted by molar-refractivity contribution is 0.138. The lowest BCUT2D eigenvalue weighted by Gasteiger charge is -2.20. The topological polar surface area (TPSA) is 58.3 Å². The molecule has 3 nitrogen and oxygen atoms in total. The van der Waals surface area contributed by atoms with Crippen LogP contribution in [0.4, 0.5) is 5.69 Å². The van der Waals surface area contributed by atoms with Gasteiger partial charge in [-0.1, -0.05) is 12.1 Å². The number of rotatable bonds is 2. The fourth-order valence-electron chi connectivity index (χ4n) is 2.16. The predicted molar refractivity (Wildman–Crippen MR) is 61.6 cm³/mol. The maximum Gasteiger partial charge on any atom is 0.0962 e. The number of aryl methyl sites for hydroxylation is 1. The number of aliphatic hydroxyl groups excluding tert-OH is 1. The molecule has 1 fully saturated rings. The number of nitrogens with two attached hydrogens (primary N) is 1. The second-order valence-corrected chi connectivity index (χ2v) is 4.28. The van der Waals surface area contributed by atoms with Crippen molar-refractivity contribution < 1.29 is 5.11 Å². The van der Waals surface area contributed by atoms with E-state index in [1.54, 1.807) is 0 Å². The van der Waals surface area contributed by atoms with Crippen LogP contribution in [0.15, 0.2) is 18.2 Å². The van der Waals surface area contributed by atoms with Gasteiger partial charge in [0.25, 0.3) is 0 Å². The SMILES string of the molecule is Cc1ccc(C(O)C2CCCN2)c(N)c1. The van der Waals surface area contributed by atoms with Gasteiger partial charge in [-0.25, -0.2) is 0 Å². The van der Waals surface area contributed by atoms with E-state index in [0.29, 0.717) is 5.69 Å². The fourth-order valence-corrected chi connectivity index (χ4v) is 2.16. The molecule has 1 heterocycles. The van der Waals surface area contributed by atoms with Crippen molar-refractivity contribution >= 4 is 5.69 Å². The summed E-state index contributed by atoms with van der Waals surface area (Å²) in [6.07, 6.45) is 1.68. The van der Waals surface area contributed by atoms with Gasteiger partial charge in [0.2, 0.25) is 0 Å². The van der Waals surface area contributed by atoms with Crippen LogP contribution in [0.5, 0.6) is 0 Å². The van der Waals surface area contributed by atoms with Crippen molar-refractivity contribution in [3.05, 3.63) is 29.3 Å². The second-order valence-electron chi connectivity index (χ2n) is 4.28. The highest BCUT2D eigenvalue weighted by Crippen LogP contribution is 2.27. The van der Waals surface area contributed by atoms with E-state index in [-0.39, 0.29) is 6.04 Å². The van der Waals surface area contributed by atoms with Gasteiger partial charge in [-0.15, -0.1) is 0 Å². The highest BCUT2D eigenvalue weighted by molar-refractivity contribution is 5.50. The molecule has 0 saturated carbocycles. The molecule has 1 aliphatic rings. The lowest BCUT2D eigenvalue weighted by Crippen LogP contribution is -2.29. The fraction of sp³-hybridized carbons (Fsp3) is 0.500. The molecule has 1 aromatic rings. The summed E-state index contributed by atoms with van der Waals surface area (Å²) in [6, 6.07) is 5.99. The molecular weight excluding hydrogens is 188 g/mol. The number of nitrogen functional groups attached to an aromatic ring is 1. The summed E-state index contributed by atoms with van der Waals surface area (Å²) < 4.78 is 0. The van der Waals surface area contributed by atoms with Gasteiger partial charge in [-0.2, -0.15) is 0 Å². The van der Waals surface area contributed by atoms with Crippen molar-refractivity contribution in [2.24, 2.45) is 0 Å². The van der Waals surface area contributed by atoms with Crippen LogP contribution in [-0.4, -0.2) is 17.7 Å². The normalized spacial score (nSPS) is 22.9. The van der Waals surface area contributed by atoms with Crippen LogP contribution in [0.1, 0.15) is 30.1 Å². The third-order valence-corrected chi connectivity index (χ3v) is 3.04. The molecule has 4 N–H and O–H groups in total. The molecule has 0 aliphatic carbocycles. The van der Waals surface area contributed by atoms with Crippen molar-refractivity contribution in [1.82, 2.24) is 5.32 Å². The average Bonchev–Trinajstić information content (AvgIpc) is 2.69. The molecule has 2 atom stereocenters. The van der Waals surface area contributed by atoms with Gasteiger partial charge in [0, 0.05) is 17.3 Å². The molecular formula is C12H18N2O. The number of hydrogen-bond acceptors (Lipinski definition) is 3. The zero-order valence-corrected chi connectivity index (χ0v) is 9.03. The smallest absolute Gasteiger partial charge is 0.0962 e. The van der Waals surface area contributed by atoms with Gasteiger partial charge < -0.3 is 16.2 Å². The maximum atomic E-state index is 10.1. The first-order chi connectivity index (χ1) is 7.18. The Morgan fingerprint density at radius 2 is 2.33 bits per heavy atom. The highest BCUT2D eigenvalue weighted by atomic mass is 16.3. The summed E-state index contributed by atoms with van der Waals surface area (Å²) in [5.41, 5.74) is 8.57. The monoisotopic (exact) mass is 206 g/mol. The molecule has 82 valence electrons. The van der Waals surface area contributed by atoms with E-state index in [0.717, 1.165) is 30.5 Å². The molecule has 0 bridgehead atoms. The summed E-state index contributed by atoms with van der Waals surface area (Å²) in [5, 5.41) is 13.4.